The fourth-order valence-electron chi connectivity index (χ4n) is 2.82. The summed E-state index contributed by atoms with van der Waals surface area (Å²) in [5, 5.41) is 0. The van der Waals surface area contributed by atoms with E-state index < -0.39 is 5.97 Å². The Morgan fingerprint density at radius 3 is 2.39 bits per heavy atom. The number of hydrogen-bond acceptors (Lipinski definition) is 6. The smallest absolute Gasteiger partial charge is 0.343 e. The lowest BCUT2D eigenvalue weighted by atomic mass is 10.1. The first kappa shape index (κ1) is 20.6. The number of rotatable bonds is 5. The summed E-state index contributed by atoms with van der Waals surface area (Å²) in [6.45, 7) is 2.65. The second-order valence-corrected chi connectivity index (χ2v) is 7.31. The van der Waals surface area contributed by atoms with Crippen molar-refractivity contribution in [3.63, 3.8) is 0 Å². The minimum absolute atomic E-state index is 0.351. The average molecular weight is 466 g/mol. The van der Waals surface area contributed by atoms with E-state index in [1.165, 1.54) is 14.2 Å². The van der Waals surface area contributed by atoms with Crippen molar-refractivity contribution in [2.75, 3.05) is 40.5 Å². The van der Waals surface area contributed by atoms with Crippen LogP contribution < -0.4 is 14.2 Å². The van der Waals surface area contributed by atoms with E-state index in [0.717, 1.165) is 4.47 Å². The number of methoxy groups -OCH3 is 2. The van der Waals surface area contributed by atoms with Crippen LogP contribution in [0, 0.1) is 0 Å². The Bertz CT molecular complexity index is 883. The number of halogens is 1. The molecule has 0 saturated carbocycles. The summed E-state index contributed by atoms with van der Waals surface area (Å²) in [7, 11) is 3.05. The molecule has 1 fully saturated rings. The highest BCUT2D eigenvalue weighted by atomic mass is 79.9. The van der Waals surface area contributed by atoms with Gasteiger partial charge in [0.15, 0.2) is 11.5 Å². The Balaban J connectivity index is 1.86. The first-order chi connectivity index (χ1) is 13.5. The number of morpholine rings is 1. The van der Waals surface area contributed by atoms with Gasteiger partial charge in [-0.3, -0.25) is 0 Å². The van der Waals surface area contributed by atoms with Crippen molar-refractivity contribution in [3.05, 3.63) is 52.0 Å². The second-order valence-electron chi connectivity index (χ2n) is 6.00. The van der Waals surface area contributed by atoms with Crippen LogP contribution in [0.3, 0.4) is 0 Å². The van der Waals surface area contributed by atoms with E-state index in [-0.39, 0.29) is 0 Å². The molecular formula is C20H20BrNO5S. The van der Waals surface area contributed by atoms with Crippen LogP contribution in [0.1, 0.15) is 15.9 Å². The average Bonchev–Trinajstić information content (AvgIpc) is 2.74. The van der Waals surface area contributed by atoms with Crippen molar-refractivity contribution in [2.24, 2.45) is 0 Å². The van der Waals surface area contributed by atoms with Crippen LogP contribution in [-0.4, -0.2) is 56.4 Å². The lowest BCUT2D eigenvalue weighted by Gasteiger charge is -2.29. The number of nitrogens with zero attached hydrogens (tertiary/aromatic N) is 1. The summed E-state index contributed by atoms with van der Waals surface area (Å²) in [5.41, 5.74) is 1.03. The predicted octanol–water partition coefficient (Wildman–Crippen LogP) is 3.69. The third-order valence-electron chi connectivity index (χ3n) is 4.29. The molecule has 2 aromatic carbocycles. The van der Waals surface area contributed by atoms with E-state index in [1.807, 2.05) is 17.0 Å². The summed E-state index contributed by atoms with van der Waals surface area (Å²) in [5.74, 6) is 0.891. The summed E-state index contributed by atoms with van der Waals surface area (Å²) in [6.07, 6.45) is 0. The number of benzene rings is 2. The van der Waals surface area contributed by atoms with Crippen molar-refractivity contribution >= 4 is 39.1 Å². The van der Waals surface area contributed by atoms with Gasteiger partial charge in [0.25, 0.3) is 0 Å². The Labute approximate surface area is 177 Å². The summed E-state index contributed by atoms with van der Waals surface area (Å²) >= 11 is 9.11. The maximum Gasteiger partial charge on any atom is 0.343 e. The van der Waals surface area contributed by atoms with Gasteiger partial charge in [-0.25, -0.2) is 4.79 Å². The lowest BCUT2D eigenvalue weighted by Crippen LogP contribution is -2.40. The van der Waals surface area contributed by atoms with E-state index in [2.05, 4.69) is 15.9 Å². The molecule has 0 amide bonds. The quantitative estimate of drug-likeness (QED) is 0.379. The normalized spacial score (nSPS) is 13.8. The molecule has 1 saturated heterocycles. The van der Waals surface area contributed by atoms with Gasteiger partial charge in [0.2, 0.25) is 0 Å². The Hall–Kier alpha value is -2.16. The highest BCUT2D eigenvalue weighted by Crippen LogP contribution is 2.30. The fourth-order valence-corrected chi connectivity index (χ4v) is 3.52. The number of esters is 1. The zero-order valence-electron chi connectivity index (χ0n) is 15.6. The monoisotopic (exact) mass is 465 g/mol. The third kappa shape index (κ3) is 4.63. The molecule has 148 valence electrons. The molecule has 0 aliphatic carbocycles. The highest BCUT2D eigenvalue weighted by molar-refractivity contribution is 9.10. The van der Waals surface area contributed by atoms with Gasteiger partial charge in [-0.1, -0.05) is 28.1 Å². The van der Waals surface area contributed by atoms with Crippen molar-refractivity contribution in [3.8, 4) is 17.2 Å². The highest BCUT2D eigenvalue weighted by Gasteiger charge is 2.21. The van der Waals surface area contributed by atoms with Gasteiger partial charge in [0, 0.05) is 17.6 Å². The lowest BCUT2D eigenvalue weighted by molar-refractivity contribution is 0.0687. The maximum absolute atomic E-state index is 12.7. The molecule has 1 heterocycles. The van der Waals surface area contributed by atoms with Gasteiger partial charge >= 0.3 is 5.97 Å². The summed E-state index contributed by atoms with van der Waals surface area (Å²) < 4.78 is 22.4. The van der Waals surface area contributed by atoms with Crippen LogP contribution in [-0.2, 0) is 4.74 Å². The molecule has 0 radical (unpaired) electrons. The molecule has 0 N–H and O–H groups in total. The molecule has 6 nitrogen and oxygen atoms in total. The Kier molecular flexibility index (Phi) is 6.88. The molecule has 1 aliphatic heterocycles. The maximum atomic E-state index is 12.7. The molecular weight excluding hydrogens is 446 g/mol. The zero-order valence-corrected chi connectivity index (χ0v) is 18.0. The van der Waals surface area contributed by atoms with Crippen molar-refractivity contribution in [1.29, 1.82) is 0 Å². The molecule has 2 aromatic rings. The first-order valence-electron chi connectivity index (χ1n) is 8.64. The van der Waals surface area contributed by atoms with E-state index >= 15 is 0 Å². The molecule has 28 heavy (non-hydrogen) atoms. The standard InChI is InChI=1S/C20H20BrNO5S/c1-24-17-5-3-13(11-18(17)25-2)20(23)27-16-6-4-14(21)12-15(16)19(28)22-7-9-26-10-8-22/h3-6,11-12H,7-10H2,1-2H3. The number of hydrogen-bond donors (Lipinski definition) is 0. The second kappa shape index (κ2) is 9.36. The topological polar surface area (TPSA) is 57.2 Å². The summed E-state index contributed by atoms with van der Waals surface area (Å²) in [4.78, 5) is 15.4. The predicted molar refractivity (Wildman–Crippen MR) is 113 cm³/mol. The van der Waals surface area contributed by atoms with Gasteiger partial charge in [0.05, 0.1) is 38.6 Å². The van der Waals surface area contributed by atoms with Crippen LogP contribution >= 0.6 is 28.1 Å². The van der Waals surface area contributed by atoms with Crippen molar-refractivity contribution in [2.45, 2.75) is 0 Å². The number of thiocarbonyl (C=S) groups is 1. The van der Waals surface area contributed by atoms with Crippen LogP contribution in [0.4, 0.5) is 0 Å². The largest absolute Gasteiger partial charge is 0.493 e. The molecule has 0 atom stereocenters. The SMILES string of the molecule is COc1ccc(C(=O)Oc2ccc(Br)cc2C(=S)N2CCOCC2)cc1OC. The van der Waals surface area contributed by atoms with Crippen molar-refractivity contribution < 1.29 is 23.7 Å². The molecule has 0 bridgehead atoms. The zero-order chi connectivity index (χ0) is 20.1. The molecule has 0 spiro atoms. The van der Waals surface area contributed by atoms with Gasteiger partial charge in [0.1, 0.15) is 10.7 Å². The molecule has 8 heteroatoms. The molecule has 1 aliphatic rings. The van der Waals surface area contributed by atoms with Crippen molar-refractivity contribution in [1.82, 2.24) is 4.90 Å². The molecule has 0 aromatic heterocycles. The minimum Gasteiger partial charge on any atom is -0.493 e. The van der Waals surface area contributed by atoms with Crippen LogP contribution in [0.25, 0.3) is 0 Å². The Morgan fingerprint density at radius 1 is 1.04 bits per heavy atom. The first-order valence-corrected chi connectivity index (χ1v) is 9.84. The van der Waals surface area contributed by atoms with E-state index in [0.29, 0.717) is 59.7 Å². The number of ether oxygens (including phenoxy) is 4. The summed E-state index contributed by atoms with van der Waals surface area (Å²) in [6, 6.07) is 10.3. The molecule has 0 unspecified atom stereocenters. The Morgan fingerprint density at radius 2 is 1.71 bits per heavy atom. The number of carbonyl (C=O) groups is 1. The van der Waals surface area contributed by atoms with E-state index in [4.69, 9.17) is 31.2 Å². The van der Waals surface area contributed by atoms with Gasteiger partial charge in [-0.2, -0.15) is 0 Å². The van der Waals surface area contributed by atoms with E-state index in [1.54, 1.807) is 24.3 Å². The molecule has 3 rings (SSSR count). The van der Waals surface area contributed by atoms with Crippen LogP contribution in [0.2, 0.25) is 0 Å². The minimum atomic E-state index is -0.505. The van der Waals surface area contributed by atoms with Gasteiger partial charge < -0.3 is 23.8 Å². The van der Waals surface area contributed by atoms with Crippen LogP contribution in [0.15, 0.2) is 40.9 Å². The number of carbonyl (C=O) groups excluding carboxylic acids is 1. The third-order valence-corrected chi connectivity index (χ3v) is 5.26. The van der Waals surface area contributed by atoms with E-state index in [9.17, 15) is 4.79 Å². The van der Waals surface area contributed by atoms with Gasteiger partial charge in [-0.15, -0.1) is 0 Å². The van der Waals surface area contributed by atoms with Gasteiger partial charge in [-0.05, 0) is 36.4 Å². The van der Waals surface area contributed by atoms with Crippen LogP contribution in [0.5, 0.6) is 17.2 Å². The fraction of sp³-hybridized carbons (Fsp3) is 0.300.